The normalized spacial score (nSPS) is 40.0. The molecule has 0 amide bonds. The number of carboxylic acid groups (broad SMARTS) is 1. The lowest BCUT2D eigenvalue weighted by molar-refractivity contribution is -0.148. The van der Waals surface area contributed by atoms with Crippen molar-refractivity contribution in [3.05, 3.63) is 0 Å². The van der Waals surface area contributed by atoms with Crippen LogP contribution in [-0.4, -0.2) is 17.1 Å². The van der Waals surface area contributed by atoms with Crippen molar-refractivity contribution in [3.63, 3.8) is 0 Å². The van der Waals surface area contributed by atoms with Crippen molar-refractivity contribution in [1.29, 1.82) is 0 Å². The average Bonchev–Trinajstić information content (AvgIpc) is 2.15. The Morgan fingerprint density at radius 2 is 2.40 bits per heavy atom. The summed E-state index contributed by atoms with van der Waals surface area (Å²) < 4.78 is 0. The Labute approximate surface area is 60.2 Å². The van der Waals surface area contributed by atoms with E-state index in [1.54, 1.807) is 6.92 Å². The zero-order chi connectivity index (χ0) is 7.78. The summed E-state index contributed by atoms with van der Waals surface area (Å²) in [6.07, 6.45) is 2.52. The fourth-order valence-corrected chi connectivity index (χ4v) is 1.46. The fourth-order valence-electron chi connectivity index (χ4n) is 1.46. The minimum Gasteiger partial charge on any atom is -0.481 e. The van der Waals surface area contributed by atoms with Gasteiger partial charge in [-0.15, -0.1) is 0 Å². The van der Waals surface area contributed by atoms with Crippen LogP contribution in [-0.2, 0) is 4.79 Å². The molecule has 0 aromatic heterocycles. The van der Waals surface area contributed by atoms with Crippen LogP contribution in [0.5, 0.6) is 0 Å². The van der Waals surface area contributed by atoms with E-state index in [-0.39, 0.29) is 6.04 Å². The molecule has 3 heteroatoms. The first-order valence-electron chi connectivity index (χ1n) is 3.56. The molecule has 2 atom stereocenters. The SMILES string of the molecule is C[C@]1(C(=O)O)CCC[C@H]1N. The van der Waals surface area contributed by atoms with Gasteiger partial charge in [-0.3, -0.25) is 4.79 Å². The Bertz CT molecular complexity index is 158. The van der Waals surface area contributed by atoms with E-state index in [0.717, 1.165) is 19.3 Å². The fraction of sp³-hybridized carbons (Fsp3) is 0.857. The maximum Gasteiger partial charge on any atom is 0.310 e. The lowest BCUT2D eigenvalue weighted by atomic mass is 9.86. The van der Waals surface area contributed by atoms with E-state index in [2.05, 4.69) is 0 Å². The summed E-state index contributed by atoms with van der Waals surface area (Å²) in [5, 5.41) is 8.76. The van der Waals surface area contributed by atoms with Crippen molar-refractivity contribution >= 4 is 5.97 Å². The van der Waals surface area contributed by atoms with Crippen LogP contribution in [0, 0.1) is 5.41 Å². The summed E-state index contributed by atoms with van der Waals surface area (Å²) in [5.74, 6) is -0.752. The first-order valence-corrected chi connectivity index (χ1v) is 3.56. The van der Waals surface area contributed by atoms with Crippen LogP contribution >= 0.6 is 0 Å². The van der Waals surface area contributed by atoms with Crippen LogP contribution in [0.15, 0.2) is 0 Å². The molecule has 1 fully saturated rings. The third-order valence-electron chi connectivity index (χ3n) is 2.52. The number of hydrogen-bond acceptors (Lipinski definition) is 2. The van der Waals surface area contributed by atoms with Crippen molar-refractivity contribution in [1.82, 2.24) is 0 Å². The van der Waals surface area contributed by atoms with Gasteiger partial charge in [0.2, 0.25) is 0 Å². The van der Waals surface area contributed by atoms with E-state index < -0.39 is 11.4 Å². The summed E-state index contributed by atoms with van der Waals surface area (Å²) in [4.78, 5) is 10.7. The summed E-state index contributed by atoms with van der Waals surface area (Å²) in [6.45, 7) is 1.73. The predicted molar refractivity (Wildman–Crippen MR) is 37.6 cm³/mol. The maximum atomic E-state index is 10.7. The molecule has 1 saturated carbocycles. The van der Waals surface area contributed by atoms with Crippen molar-refractivity contribution in [3.8, 4) is 0 Å². The third kappa shape index (κ3) is 0.904. The number of aliphatic carboxylic acids is 1. The van der Waals surface area contributed by atoms with Gasteiger partial charge in [0.25, 0.3) is 0 Å². The molecule has 0 heterocycles. The Morgan fingerprint density at radius 3 is 2.60 bits per heavy atom. The molecule has 0 unspecified atom stereocenters. The average molecular weight is 143 g/mol. The molecule has 0 saturated heterocycles. The minimum absolute atomic E-state index is 0.148. The first kappa shape index (κ1) is 7.54. The number of hydrogen-bond donors (Lipinski definition) is 2. The molecule has 0 aromatic carbocycles. The standard InChI is InChI=1S/C7H13NO2/c1-7(6(9)10)4-2-3-5(7)8/h5H,2-4,8H2,1H3,(H,9,10)/t5-,7+/m1/s1. The van der Waals surface area contributed by atoms with Gasteiger partial charge in [0, 0.05) is 6.04 Å². The molecule has 0 radical (unpaired) electrons. The summed E-state index contributed by atoms with van der Waals surface area (Å²) in [5.41, 5.74) is 4.98. The van der Waals surface area contributed by atoms with Gasteiger partial charge in [-0.25, -0.2) is 0 Å². The Balaban J connectivity index is 2.75. The van der Waals surface area contributed by atoms with Crippen LogP contribution in [0.2, 0.25) is 0 Å². The minimum atomic E-state index is -0.752. The van der Waals surface area contributed by atoms with E-state index in [0.29, 0.717) is 0 Å². The van der Waals surface area contributed by atoms with Gasteiger partial charge in [-0.2, -0.15) is 0 Å². The molecule has 3 nitrogen and oxygen atoms in total. The second-order valence-corrected chi connectivity index (χ2v) is 3.22. The number of carboxylic acids is 1. The zero-order valence-corrected chi connectivity index (χ0v) is 6.13. The van der Waals surface area contributed by atoms with E-state index in [4.69, 9.17) is 10.8 Å². The summed E-state index contributed by atoms with van der Waals surface area (Å²) in [6, 6.07) is -0.148. The Morgan fingerprint density at radius 1 is 1.80 bits per heavy atom. The molecule has 3 N–H and O–H groups in total. The molecule has 0 aliphatic heterocycles. The van der Waals surface area contributed by atoms with Crippen LogP contribution in [0.3, 0.4) is 0 Å². The maximum absolute atomic E-state index is 10.7. The van der Waals surface area contributed by atoms with Gasteiger partial charge >= 0.3 is 5.97 Å². The molecule has 0 bridgehead atoms. The van der Waals surface area contributed by atoms with Gasteiger partial charge in [-0.1, -0.05) is 6.42 Å². The summed E-state index contributed by atoms with van der Waals surface area (Å²) >= 11 is 0. The Kier molecular flexibility index (Phi) is 1.68. The molecular formula is C7H13NO2. The van der Waals surface area contributed by atoms with Crippen LogP contribution in [0.1, 0.15) is 26.2 Å². The number of carbonyl (C=O) groups is 1. The van der Waals surface area contributed by atoms with Crippen molar-refractivity contribution in [2.45, 2.75) is 32.2 Å². The topological polar surface area (TPSA) is 63.3 Å². The van der Waals surface area contributed by atoms with Crippen LogP contribution < -0.4 is 5.73 Å². The van der Waals surface area contributed by atoms with Gasteiger partial charge in [-0.05, 0) is 19.8 Å². The number of nitrogens with two attached hydrogens (primary N) is 1. The van der Waals surface area contributed by atoms with Gasteiger partial charge in [0.15, 0.2) is 0 Å². The molecule has 58 valence electrons. The Hall–Kier alpha value is -0.570. The van der Waals surface area contributed by atoms with Crippen molar-refractivity contribution < 1.29 is 9.90 Å². The smallest absolute Gasteiger partial charge is 0.310 e. The van der Waals surface area contributed by atoms with Gasteiger partial charge in [0.05, 0.1) is 5.41 Å². The van der Waals surface area contributed by atoms with Crippen molar-refractivity contribution in [2.24, 2.45) is 11.1 Å². The second-order valence-electron chi connectivity index (χ2n) is 3.22. The lowest BCUT2D eigenvalue weighted by Gasteiger charge is -2.22. The second kappa shape index (κ2) is 2.23. The molecule has 0 aromatic rings. The van der Waals surface area contributed by atoms with E-state index in [1.165, 1.54) is 0 Å². The van der Waals surface area contributed by atoms with Gasteiger partial charge < -0.3 is 10.8 Å². The number of rotatable bonds is 1. The van der Waals surface area contributed by atoms with Crippen LogP contribution in [0.4, 0.5) is 0 Å². The summed E-state index contributed by atoms with van der Waals surface area (Å²) in [7, 11) is 0. The van der Waals surface area contributed by atoms with E-state index in [9.17, 15) is 4.79 Å². The molecule has 0 spiro atoms. The molecular weight excluding hydrogens is 130 g/mol. The highest BCUT2D eigenvalue weighted by atomic mass is 16.4. The quantitative estimate of drug-likeness (QED) is 0.564. The third-order valence-corrected chi connectivity index (χ3v) is 2.52. The largest absolute Gasteiger partial charge is 0.481 e. The molecule has 10 heavy (non-hydrogen) atoms. The van der Waals surface area contributed by atoms with Crippen molar-refractivity contribution in [2.75, 3.05) is 0 Å². The first-order chi connectivity index (χ1) is 4.57. The highest BCUT2D eigenvalue weighted by molar-refractivity contribution is 5.75. The monoisotopic (exact) mass is 143 g/mol. The predicted octanol–water partition coefficient (Wildman–Crippen LogP) is 0.589. The lowest BCUT2D eigenvalue weighted by Crippen LogP contribution is -2.40. The van der Waals surface area contributed by atoms with E-state index >= 15 is 0 Å². The molecule has 1 aliphatic carbocycles. The van der Waals surface area contributed by atoms with Gasteiger partial charge in [0.1, 0.15) is 0 Å². The highest BCUT2D eigenvalue weighted by Crippen LogP contribution is 2.36. The molecule has 1 aliphatic rings. The molecule has 1 rings (SSSR count). The highest BCUT2D eigenvalue weighted by Gasteiger charge is 2.42. The van der Waals surface area contributed by atoms with Crippen LogP contribution in [0.25, 0.3) is 0 Å². The zero-order valence-electron chi connectivity index (χ0n) is 6.13. The van der Waals surface area contributed by atoms with E-state index in [1.807, 2.05) is 0 Å².